The summed E-state index contributed by atoms with van der Waals surface area (Å²) in [5, 5.41) is 0. The first-order valence-corrected chi connectivity index (χ1v) is 4.63. The van der Waals surface area contributed by atoms with Crippen LogP contribution in [-0.2, 0) is 6.54 Å². The summed E-state index contributed by atoms with van der Waals surface area (Å²) in [6.45, 7) is 0.890. The number of anilines is 1. The lowest BCUT2D eigenvalue weighted by molar-refractivity contribution is -0.688. The summed E-state index contributed by atoms with van der Waals surface area (Å²) in [4.78, 5) is 0. The van der Waals surface area contributed by atoms with Crippen LogP contribution in [-0.4, -0.2) is 0 Å². The van der Waals surface area contributed by atoms with E-state index in [1.807, 2.05) is 30.3 Å². The molecule has 0 aliphatic heterocycles. The maximum absolute atomic E-state index is 5.61. The highest BCUT2D eigenvalue weighted by atomic mass is 35.5. The minimum absolute atomic E-state index is 0. The minimum Gasteiger partial charge on any atom is -1.00 e. The molecule has 2 nitrogen and oxygen atoms in total. The SMILES string of the molecule is Nc1ccc(C[n+]2ccccc2)cc1.[Cl-]. The molecular weight excluding hydrogens is 208 g/mol. The maximum Gasteiger partial charge on any atom is 0.173 e. The van der Waals surface area contributed by atoms with Gasteiger partial charge in [0.2, 0.25) is 0 Å². The van der Waals surface area contributed by atoms with Gasteiger partial charge in [0.15, 0.2) is 18.9 Å². The molecule has 0 amide bonds. The van der Waals surface area contributed by atoms with Crippen molar-refractivity contribution < 1.29 is 17.0 Å². The van der Waals surface area contributed by atoms with Crippen LogP contribution in [0.3, 0.4) is 0 Å². The number of rotatable bonds is 2. The van der Waals surface area contributed by atoms with Gasteiger partial charge < -0.3 is 18.1 Å². The number of hydrogen-bond donors (Lipinski definition) is 1. The Morgan fingerprint density at radius 3 is 2.13 bits per heavy atom. The quantitative estimate of drug-likeness (QED) is 0.490. The van der Waals surface area contributed by atoms with Crippen LogP contribution in [0.5, 0.6) is 0 Å². The number of nitrogen functional groups attached to an aromatic ring is 1. The highest BCUT2D eigenvalue weighted by Gasteiger charge is 1.99. The van der Waals surface area contributed by atoms with Crippen LogP contribution < -0.4 is 22.7 Å². The molecule has 2 aromatic rings. The second-order valence-electron chi connectivity index (χ2n) is 3.29. The van der Waals surface area contributed by atoms with Crippen molar-refractivity contribution in [1.82, 2.24) is 0 Å². The number of pyridine rings is 1. The smallest absolute Gasteiger partial charge is 0.173 e. The lowest BCUT2D eigenvalue weighted by atomic mass is 10.2. The Bertz CT molecular complexity index is 398. The molecule has 0 aliphatic rings. The fourth-order valence-corrected chi connectivity index (χ4v) is 1.37. The van der Waals surface area contributed by atoms with Crippen LogP contribution in [0.15, 0.2) is 54.9 Å². The zero-order valence-electron chi connectivity index (χ0n) is 8.31. The van der Waals surface area contributed by atoms with E-state index in [2.05, 4.69) is 29.1 Å². The molecule has 0 fully saturated rings. The third-order valence-electron chi connectivity index (χ3n) is 2.12. The molecule has 0 unspecified atom stereocenters. The highest BCUT2D eigenvalue weighted by Crippen LogP contribution is 2.04. The molecule has 2 rings (SSSR count). The molecule has 0 radical (unpaired) electrons. The van der Waals surface area contributed by atoms with E-state index in [1.165, 1.54) is 5.56 Å². The fraction of sp³-hybridized carbons (Fsp3) is 0.0833. The van der Waals surface area contributed by atoms with Crippen molar-refractivity contribution in [3.8, 4) is 0 Å². The molecule has 2 N–H and O–H groups in total. The van der Waals surface area contributed by atoms with E-state index in [0.29, 0.717) is 0 Å². The summed E-state index contributed by atoms with van der Waals surface area (Å²) in [7, 11) is 0. The number of hydrogen-bond acceptors (Lipinski definition) is 1. The molecule has 0 saturated heterocycles. The van der Waals surface area contributed by atoms with Gasteiger partial charge in [0.05, 0.1) is 0 Å². The topological polar surface area (TPSA) is 29.9 Å². The molecule has 0 aliphatic carbocycles. The zero-order chi connectivity index (χ0) is 9.80. The summed E-state index contributed by atoms with van der Waals surface area (Å²) in [6.07, 6.45) is 4.10. The van der Waals surface area contributed by atoms with Crippen LogP contribution >= 0.6 is 0 Å². The molecular formula is C12H13ClN2. The van der Waals surface area contributed by atoms with E-state index < -0.39 is 0 Å². The van der Waals surface area contributed by atoms with Crippen molar-refractivity contribution in [2.75, 3.05) is 5.73 Å². The molecule has 0 saturated carbocycles. The molecule has 0 bridgehead atoms. The molecule has 0 atom stereocenters. The van der Waals surface area contributed by atoms with Crippen molar-refractivity contribution in [2.24, 2.45) is 0 Å². The molecule has 3 heteroatoms. The Labute approximate surface area is 95.8 Å². The van der Waals surface area contributed by atoms with Gasteiger partial charge in [0, 0.05) is 23.4 Å². The van der Waals surface area contributed by atoms with E-state index in [4.69, 9.17) is 5.73 Å². The maximum atomic E-state index is 5.61. The average Bonchev–Trinajstić information content (AvgIpc) is 2.23. The standard InChI is InChI=1S/C12H13N2.ClH/c13-12-6-4-11(5-7-12)10-14-8-2-1-3-9-14;/h1-9H,10,13H2;1H/q+1;/p-1. The lowest BCUT2D eigenvalue weighted by Crippen LogP contribution is -3.00. The highest BCUT2D eigenvalue weighted by molar-refractivity contribution is 5.38. The van der Waals surface area contributed by atoms with Gasteiger partial charge in [-0.1, -0.05) is 18.2 Å². The van der Waals surface area contributed by atoms with Crippen molar-refractivity contribution in [3.63, 3.8) is 0 Å². The number of nitrogens with zero attached hydrogens (tertiary/aromatic N) is 1. The van der Waals surface area contributed by atoms with E-state index in [9.17, 15) is 0 Å². The summed E-state index contributed by atoms with van der Waals surface area (Å²) < 4.78 is 2.13. The Balaban J connectivity index is 0.00000112. The Morgan fingerprint density at radius 2 is 1.53 bits per heavy atom. The van der Waals surface area contributed by atoms with E-state index in [-0.39, 0.29) is 12.4 Å². The number of nitrogens with two attached hydrogens (primary N) is 1. The molecule has 1 aromatic carbocycles. The zero-order valence-corrected chi connectivity index (χ0v) is 9.06. The Hall–Kier alpha value is -1.54. The van der Waals surface area contributed by atoms with Gasteiger partial charge in [-0.05, 0) is 12.1 Å². The number of benzene rings is 1. The summed E-state index contributed by atoms with van der Waals surface area (Å²) in [5.74, 6) is 0. The van der Waals surface area contributed by atoms with Gasteiger partial charge in [-0.15, -0.1) is 0 Å². The molecule has 1 aromatic heterocycles. The van der Waals surface area contributed by atoms with E-state index in [0.717, 1.165) is 12.2 Å². The van der Waals surface area contributed by atoms with Crippen molar-refractivity contribution in [1.29, 1.82) is 0 Å². The van der Waals surface area contributed by atoms with Gasteiger partial charge in [0.1, 0.15) is 0 Å². The predicted molar refractivity (Wildman–Crippen MR) is 56.6 cm³/mol. The first-order chi connectivity index (χ1) is 6.84. The van der Waals surface area contributed by atoms with Crippen molar-refractivity contribution >= 4 is 5.69 Å². The summed E-state index contributed by atoms with van der Waals surface area (Å²) in [6, 6.07) is 14.0. The minimum atomic E-state index is 0. The van der Waals surface area contributed by atoms with Crippen LogP contribution in [0.2, 0.25) is 0 Å². The van der Waals surface area contributed by atoms with Gasteiger partial charge >= 0.3 is 0 Å². The lowest BCUT2D eigenvalue weighted by Gasteiger charge is -1.97. The van der Waals surface area contributed by atoms with Crippen LogP contribution in [0, 0.1) is 0 Å². The first kappa shape index (κ1) is 11.5. The third kappa shape index (κ3) is 3.26. The fourth-order valence-electron chi connectivity index (χ4n) is 1.37. The van der Waals surface area contributed by atoms with Crippen LogP contribution in [0.25, 0.3) is 0 Å². The van der Waals surface area contributed by atoms with Crippen LogP contribution in [0.1, 0.15) is 5.56 Å². The average molecular weight is 221 g/mol. The van der Waals surface area contributed by atoms with Gasteiger partial charge in [-0.25, -0.2) is 4.57 Å². The number of aromatic nitrogens is 1. The Morgan fingerprint density at radius 1 is 0.933 bits per heavy atom. The van der Waals surface area contributed by atoms with Crippen molar-refractivity contribution in [2.45, 2.75) is 6.54 Å². The van der Waals surface area contributed by atoms with Crippen molar-refractivity contribution in [3.05, 3.63) is 60.4 Å². The first-order valence-electron chi connectivity index (χ1n) is 4.63. The number of halogens is 1. The third-order valence-corrected chi connectivity index (χ3v) is 2.12. The Kier molecular flexibility index (Phi) is 4.13. The summed E-state index contributed by atoms with van der Waals surface area (Å²) >= 11 is 0. The van der Waals surface area contributed by atoms with Gasteiger partial charge in [-0.3, -0.25) is 0 Å². The molecule has 0 spiro atoms. The van der Waals surface area contributed by atoms with Crippen LogP contribution in [0.4, 0.5) is 5.69 Å². The second-order valence-corrected chi connectivity index (χ2v) is 3.29. The van der Waals surface area contributed by atoms with Gasteiger partial charge in [-0.2, -0.15) is 0 Å². The van der Waals surface area contributed by atoms with E-state index in [1.54, 1.807) is 0 Å². The monoisotopic (exact) mass is 220 g/mol. The van der Waals surface area contributed by atoms with E-state index >= 15 is 0 Å². The molecule has 15 heavy (non-hydrogen) atoms. The predicted octanol–water partition coefficient (Wildman–Crippen LogP) is -1.39. The second kappa shape index (κ2) is 5.37. The largest absolute Gasteiger partial charge is 1.00 e. The normalized spacial score (nSPS) is 9.33. The summed E-state index contributed by atoms with van der Waals surface area (Å²) in [5.41, 5.74) is 7.68. The molecule has 1 heterocycles. The molecule has 78 valence electrons. The van der Waals surface area contributed by atoms with Gasteiger partial charge in [0.25, 0.3) is 0 Å².